The van der Waals surface area contributed by atoms with Crippen LogP contribution in [0.2, 0.25) is 0 Å². The zero-order chi connectivity index (χ0) is 25.2. The van der Waals surface area contributed by atoms with Crippen LogP contribution in [0.15, 0.2) is 77.8 Å². The number of benzene rings is 2. The van der Waals surface area contributed by atoms with Crippen LogP contribution in [0.25, 0.3) is 0 Å². The van der Waals surface area contributed by atoms with E-state index in [9.17, 15) is 27.6 Å². The summed E-state index contributed by atoms with van der Waals surface area (Å²) in [4.78, 5) is 46.0. The Morgan fingerprint density at radius 1 is 1.06 bits per heavy atom. The van der Waals surface area contributed by atoms with Crippen molar-refractivity contribution in [3.05, 3.63) is 84.2 Å². The van der Waals surface area contributed by atoms with Crippen molar-refractivity contribution >= 4 is 41.0 Å². The van der Waals surface area contributed by atoms with Crippen molar-refractivity contribution in [2.24, 2.45) is 0 Å². The average Bonchev–Trinajstić information content (AvgIpc) is 3.11. The molecule has 0 spiro atoms. The SMILES string of the molecule is CN(C(=O)c1cc(CN2CC(=O)N(c3ccc(SC(F)(F)F)cc3)C2=O)ccn1)c1ccccc1. The molecule has 1 aliphatic rings. The number of nitrogens with zero attached hydrogens (tertiary/aromatic N) is 4. The van der Waals surface area contributed by atoms with Crippen molar-refractivity contribution in [1.29, 1.82) is 0 Å². The third-order valence-electron chi connectivity index (χ3n) is 5.23. The van der Waals surface area contributed by atoms with Gasteiger partial charge in [-0.05, 0) is 65.9 Å². The number of halogens is 3. The average molecular weight is 501 g/mol. The Morgan fingerprint density at radius 3 is 2.40 bits per heavy atom. The Labute approximate surface area is 203 Å². The lowest BCUT2D eigenvalue weighted by Gasteiger charge is -2.19. The molecule has 0 atom stereocenters. The third kappa shape index (κ3) is 5.62. The molecule has 1 aromatic heterocycles. The number of urea groups is 1. The number of imide groups is 1. The van der Waals surface area contributed by atoms with Crippen LogP contribution in [0, 0.1) is 0 Å². The number of hydrogen-bond acceptors (Lipinski definition) is 5. The molecule has 1 fully saturated rings. The van der Waals surface area contributed by atoms with Crippen molar-refractivity contribution in [3.63, 3.8) is 0 Å². The molecule has 0 bridgehead atoms. The molecule has 7 nitrogen and oxygen atoms in total. The Bertz CT molecular complexity index is 1250. The molecule has 1 aliphatic heterocycles. The van der Waals surface area contributed by atoms with Gasteiger partial charge in [-0.2, -0.15) is 13.2 Å². The first-order valence-corrected chi connectivity index (χ1v) is 11.2. The molecule has 2 aromatic carbocycles. The van der Waals surface area contributed by atoms with E-state index in [1.165, 1.54) is 40.3 Å². The highest BCUT2D eigenvalue weighted by Gasteiger charge is 2.37. The fourth-order valence-electron chi connectivity index (χ4n) is 3.58. The first-order chi connectivity index (χ1) is 16.6. The second kappa shape index (κ2) is 9.79. The number of hydrogen-bond donors (Lipinski definition) is 0. The predicted molar refractivity (Wildman–Crippen MR) is 125 cm³/mol. The molecule has 4 amide bonds. The number of alkyl halides is 3. The van der Waals surface area contributed by atoms with E-state index in [-0.39, 0.29) is 47.0 Å². The van der Waals surface area contributed by atoms with Gasteiger partial charge in [0.15, 0.2) is 0 Å². The number of amides is 4. The summed E-state index contributed by atoms with van der Waals surface area (Å²) in [5.74, 6) is -0.833. The molecule has 0 aliphatic carbocycles. The monoisotopic (exact) mass is 500 g/mol. The molecule has 4 rings (SSSR count). The highest BCUT2D eigenvalue weighted by atomic mass is 32.2. The number of aromatic nitrogens is 1. The lowest BCUT2D eigenvalue weighted by molar-refractivity contribution is -0.116. The fourth-order valence-corrected chi connectivity index (χ4v) is 4.11. The van der Waals surface area contributed by atoms with Crippen molar-refractivity contribution in [3.8, 4) is 0 Å². The van der Waals surface area contributed by atoms with Gasteiger partial charge in [0.25, 0.3) is 11.8 Å². The maximum Gasteiger partial charge on any atom is 0.446 e. The van der Waals surface area contributed by atoms with E-state index in [1.54, 1.807) is 31.3 Å². The third-order valence-corrected chi connectivity index (χ3v) is 5.97. The Hall–Kier alpha value is -3.86. The van der Waals surface area contributed by atoms with E-state index in [0.29, 0.717) is 11.3 Å². The maximum atomic E-state index is 12.9. The van der Waals surface area contributed by atoms with E-state index in [4.69, 9.17) is 0 Å². The Morgan fingerprint density at radius 2 is 1.74 bits per heavy atom. The minimum atomic E-state index is -4.43. The summed E-state index contributed by atoms with van der Waals surface area (Å²) in [5, 5.41) is 0. The van der Waals surface area contributed by atoms with Crippen LogP contribution in [0.3, 0.4) is 0 Å². The largest absolute Gasteiger partial charge is 0.446 e. The van der Waals surface area contributed by atoms with Crippen LogP contribution in [0.4, 0.5) is 29.3 Å². The van der Waals surface area contributed by atoms with Crippen LogP contribution in [-0.2, 0) is 11.3 Å². The van der Waals surface area contributed by atoms with Crippen molar-refractivity contribution in [1.82, 2.24) is 9.88 Å². The molecule has 180 valence electrons. The molecule has 2 heterocycles. The molecule has 0 N–H and O–H groups in total. The minimum absolute atomic E-state index is 0.0494. The number of carbonyl (C=O) groups excluding carboxylic acids is 3. The Kier molecular flexibility index (Phi) is 6.79. The van der Waals surface area contributed by atoms with Gasteiger partial charge in [-0.25, -0.2) is 9.69 Å². The van der Waals surface area contributed by atoms with Gasteiger partial charge in [-0.3, -0.25) is 14.6 Å². The minimum Gasteiger partial charge on any atom is -0.310 e. The van der Waals surface area contributed by atoms with Crippen molar-refractivity contribution in [2.45, 2.75) is 16.9 Å². The quantitative estimate of drug-likeness (QED) is 0.354. The van der Waals surface area contributed by atoms with Gasteiger partial charge in [0.1, 0.15) is 12.2 Å². The normalized spacial score (nSPS) is 13.9. The van der Waals surface area contributed by atoms with Gasteiger partial charge in [0.05, 0.1) is 5.69 Å². The van der Waals surface area contributed by atoms with Gasteiger partial charge in [0, 0.05) is 30.4 Å². The fraction of sp³-hybridized carbons (Fsp3) is 0.167. The summed E-state index contributed by atoms with van der Waals surface area (Å²) in [6, 6.07) is 16.7. The topological polar surface area (TPSA) is 73.8 Å². The highest BCUT2D eigenvalue weighted by Crippen LogP contribution is 2.37. The number of thioether (sulfide) groups is 1. The number of para-hydroxylation sites is 1. The zero-order valence-electron chi connectivity index (χ0n) is 18.4. The van der Waals surface area contributed by atoms with Crippen LogP contribution < -0.4 is 9.80 Å². The maximum absolute atomic E-state index is 12.9. The molecular formula is C24H19F3N4O3S. The first kappa shape index (κ1) is 24.3. The van der Waals surface area contributed by atoms with Crippen LogP contribution in [0.5, 0.6) is 0 Å². The lowest BCUT2D eigenvalue weighted by Crippen LogP contribution is -2.33. The lowest BCUT2D eigenvalue weighted by atomic mass is 10.2. The molecule has 3 aromatic rings. The van der Waals surface area contributed by atoms with E-state index < -0.39 is 17.4 Å². The molecule has 0 unspecified atom stereocenters. The second-order valence-corrected chi connectivity index (χ2v) is 8.80. The first-order valence-electron chi connectivity index (χ1n) is 10.4. The molecule has 11 heteroatoms. The van der Waals surface area contributed by atoms with Gasteiger partial charge < -0.3 is 9.80 Å². The summed E-state index contributed by atoms with van der Waals surface area (Å²) in [6.07, 6.45) is 1.46. The Balaban J connectivity index is 1.46. The van der Waals surface area contributed by atoms with Crippen molar-refractivity contribution in [2.75, 3.05) is 23.4 Å². The van der Waals surface area contributed by atoms with E-state index in [2.05, 4.69) is 4.98 Å². The highest BCUT2D eigenvalue weighted by molar-refractivity contribution is 8.00. The van der Waals surface area contributed by atoms with Gasteiger partial charge in [-0.1, -0.05) is 18.2 Å². The summed E-state index contributed by atoms with van der Waals surface area (Å²) in [6.45, 7) is -0.145. The van der Waals surface area contributed by atoms with E-state index in [1.807, 2.05) is 18.2 Å². The van der Waals surface area contributed by atoms with Gasteiger partial charge in [-0.15, -0.1) is 0 Å². The smallest absolute Gasteiger partial charge is 0.310 e. The van der Waals surface area contributed by atoms with Gasteiger partial charge >= 0.3 is 11.5 Å². The van der Waals surface area contributed by atoms with E-state index >= 15 is 0 Å². The molecule has 0 radical (unpaired) electrons. The summed E-state index contributed by atoms with van der Waals surface area (Å²) >= 11 is -0.276. The number of anilines is 2. The predicted octanol–water partition coefficient (Wildman–Crippen LogP) is 4.94. The molecule has 0 saturated carbocycles. The summed E-state index contributed by atoms with van der Waals surface area (Å²) in [5.41, 5.74) is -2.77. The second-order valence-electron chi connectivity index (χ2n) is 7.66. The molecule has 35 heavy (non-hydrogen) atoms. The molecular weight excluding hydrogens is 481 g/mol. The van der Waals surface area contributed by atoms with Crippen LogP contribution in [0.1, 0.15) is 16.1 Å². The van der Waals surface area contributed by atoms with Gasteiger partial charge in [0.2, 0.25) is 0 Å². The molecule has 1 saturated heterocycles. The van der Waals surface area contributed by atoms with Crippen molar-refractivity contribution < 1.29 is 27.6 Å². The zero-order valence-corrected chi connectivity index (χ0v) is 19.2. The number of pyridine rings is 1. The summed E-state index contributed by atoms with van der Waals surface area (Å²) < 4.78 is 37.6. The summed E-state index contributed by atoms with van der Waals surface area (Å²) in [7, 11) is 1.63. The number of rotatable bonds is 6. The van der Waals surface area contributed by atoms with Crippen LogP contribution >= 0.6 is 11.8 Å². The number of carbonyl (C=O) groups is 3. The van der Waals surface area contributed by atoms with Crippen LogP contribution in [-0.4, -0.2) is 46.8 Å². The van der Waals surface area contributed by atoms with E-state index in [0.717, 1.165) is 4.90 Å². The standard InChI is InChI=1S/C24H19F3N4O3S/c1-29(17-5-3-2-4-6-17)22(33)20-13-16(11-12-28-20)14-30-15-21(32)31(23(30)34)18-7-9-19(10-8-18)35-24(25,26)27/h2-13H,14-15H2,1H3.